The van der Waals surface area contributed by atoms with Gasteiger partial charge in [0, 0.05) is 51.4 Å². The van der Waals surface area contributed by atoms with Crippen molar-refractivity contribution >= 4 is 17.8 Å². The van der Waals surface area contributed by atoms with Gasteiger partial charge in [-0.05, 0) is 13.3 Å². The van der Waals surface area contributed by atoms with Gasteiger partial charge in [-0.1, -0.05) is 0 Å². The molecule has 130 valence electrons. The zero-order valence-corrected chi connectivity index (χ0v) is 13.9. The number of carbonyl (C=O) groups is 2. The third-order valence-corrected chi connectivity index (χ3v) is 4.40. The average Bonchev–Trinajstić information content (AvgIpc) is 2.62. The summed E-state index contributed by atoms with van der Waals surface area (Å²) in [6.07, 6.45) is 2.77. The number of anilines is 1. The van der Waals surface area contributed by atoms with Crippen LogP contribution in [-0.4, -0.2) is 66.0 Å². The molecule has 0 aromatic carbocycles. The average molecular weight is 333 g/mol. The second-order valence-corrected chi connectivity index (χ2v) is 5.98. The summed E-state index contributed by atoms with van der Waals surface area (Å²) in [5.41, 5.74) is 0. The zero-order chi connectivity index (χ0) is 16.9. The number of carbonyl (C=O) groups excluding carboxylic acids is 2. The zero-order valence-electron chi connectivity index (χ0n) is 13.9. The number of hydrogen-bond acceptors (Lipinski definition) is 6. The molecule has 0 radical (unpaired) electrons. The molecule has 3 rings (SSSR count). The van der Waals surface area contributed by atoms with E-state index in [2.05, 4.69) is 20.2 Å². The van der Waals surface area contributed by atoms with E-state index in [9.17, 15) is 9.59 Å². The molecule has 2 fully saturated rings. The fourth-order valence-corrected chi connectivity index (χ4v) is 3.04. The lowest BCUT2D eigenvalue weighted by molar-refractivity contribution is -0.137. The highest BCUT2D eigenvalue weighted by Gasteiger charge is 2.30. The lowest BCUT2D eigenvalue weighted by Gasteiger charge is -2.37. The van der Waals surface area contributed by atoms with Gasteiger partial charge in [0.05, 0.1) is 12.5 Å². The Bertz CT molecular complexity index is 591. The van der Waals surface area contributed by atoms with Crippen molar-refractivity contribution < 1.29 is 14.3 Å². The third kappa shape index (κ3) is 3.74. The van der Waals surface area contributed by atoms with Gasteiger partial charge < -0.3 is 19.9 Å². The van der Waals surface area contributed by atoms with E-state index in [1.165, 1.54) is 0 Å². The van der Waals surface area contributed by atoms with Gasteiger partial charge in [-0.15, -0.1) is 0 Å². The maximum atomic E-state index is 12.5. The van der Waals surface area contributed by atoms with Crippen LogP contribution in [0.15, 0.2) is 12.3 Å². The highest BCUT2D eigenvalue weighted by molar-refractivity contribution is 5.83. The van der Waals surface area contributed by atoms with Gasteiger partial charge in [0.2, 0.25) is 23.6 Å². The van der Waals surface area contributed by atoms with Gasteiger partial charge in [0.1, 0.15) is 0 Å². The normalized spacial score (nSPS) is 21.4. The lowest BCUT2D eigenvalue weighted by Crippen LogP contribution is -2.53. The highest BCUT2D eigenvalue weighted by atomic mass is 16.5. The molecule has 2 saturated heterocycles. The summed E-state index contributed by atoms with van der Waals surface area (Å²) in [5.74, 6) is 1.29. The largest absolute Gasteiger partial charge is 0.478 e. The Balaban J connectivity index is 1.54. The molecule has 2 aliphatic rings. The molecule has 0 bridgehead atoms. The highest BCUT2D eigenvalue weighted by Crippen LogP contribution is 2.18. The van der Waals surface area contributed by atoms with Gasteiger partial charge >= 0.3 is 0 Å². The predicted octanol–water partition coefficient (Wildman–Crippen LogP) is 0.0501. The molecular formula is C16H23N5O3. The van der Waals surface area contributed by atoms with E-state index < -0.39 is 0 Å². The molecule has 2 amide bonds. The number of amides is 2. The number of nitrogens with one attached hydrogen (secondary N) is 1. The van der Waals surface area contributed by atoms with Gasteiger partial charge in [-0.2, -0.15) is 4.98 Å². The maximum Gasteiger partial charge on any atom is 0.228 e. The van der Waals surface area contributed by atoms with Gasteiger partial charge in [-0.25, -0.2) is 4.98 Å². The number of aromatic nitrogens is 2. The second kappa shape index (κ2) is 7.46. The molecule has 1 aromatic heterocycles. The van der Waals surface area contributed by atoms with Crippen LogP contribution < -0.4 is 15.0 Å². The van der Waals surface area contributed by atoms with Crippen LogP contribution in [0.4, 0.5) is 5.95 Å². The van der Waals surface area contributed by atoms with Crippen LogP contribution in [-0.2, 0) is 9.59 Å². The fraction of sp³-hybridized carbons (Fsp3) is 0.625. The Morgan fingerprint density at radius 1 is 1.38 bits per heavy atom. The predicted molar refractivity (Wildman–Crippen MR) is 87.7 cm³/mol. The molecule has 2 aliphatic heterocycles. The van der Waals surface area contributed by atoms with Crippen molar-refractivity contribution in [3.05, 3.63) is 12.3 Å². The summed E-state index contributed by atoms with van der Waals surface area (Å²) in [7, 11) is 0. The van der Waals surface area contributed by atoms with Crippen LogP contribution in [0.3, 0.4) is 0 Å². The summed E-state index contributed by atoms with van der Waals surface area (Å²) in [6.45, 7) is 5.62. The van der Waals surface area contributed by atoms with Crippen molar-refractivity contribution in [1.29, 1.82) is 0 Å². The van der Waals surface area contributed by atoms with Crippen LogP contribution >= 0.6 is 0 Å². The maximum absolute atomic E-state index is 12.5. The van der Waals surface area contributed by atoms with E-state index in [-0.39, 0.29) is 17.7 Å². The van der Waals surface area contributed by atoms with Crippen molar-refractivity contribution in [2.75, 3.05) is 44.2 Å². The Morgan fingerprint density at radius 3 is 2.83 bits per heavy atom. The number of rotatable bonds is 4. The second-order valence-electron chi connectivity index (χ2n) is 5.98. The lowest BCUT2D eigenvalue weighted by atomic mass is 9.97. The van der Waals surface area contributed by atoms with Crippen molar-refractivity contribution in [1.82, 2.24) is 20.2 Å². The number of nitrogens with zero attached hydrogens (tertiary/aromatic N) is 4. The standard InChI is InChI=1S/C16H23N5O3/c1-2-24-14-5-6-17-16(19-14)21-9-7-20(8-10-21)15(23)12-3-4-13(22)18-11-12/h5-6,12H,2-4,7-11H2,1H3,(H,18,22). The molecule has 1 atom stereocenters. The van der Waals surface area contributed by atoms with E-state index in [0.29, 0.717) is 64.0 Å². The smallest absolute Gasteiger partial charge is 0.228 e. The monoisotopic (exact) mass is 333 g/mol. The molecule has 1 N–H and O–H groups in total. The summed E-state index contributed by atoms with van der Waals surface area (Å²) in [5, 5.41) is 2.77. The Labute approximate surface area is 141 Å². The number of piperazine rings is 1. The number of ether oxygens (including phenoxy) is 1. The minimum absolute atomic E-state index is 0.0372. The molecule has 0 spiro atoms. The first-order valence-electron chi connectivity index (χ1n) is 8.43. The van der Waals surface area contributed by atoms with Crippen LogP contribution in [0.25, 0.3) is 0 Å². The van der Waals surface area contributed by atoms with E-state index in [4.69, 9.17) is 4.74 Å². The quantitative estimate of drug-likeness (QED) is 0.838. The topological polar surface area (TPSA) is 87.7 Å². The van der Waals surface area contributed by atoms with Crippen LogP contribution in [0.1, 0.15) is 19.8 Å². The van der Waals surface area contributed by atoms with Gasteiger partial charge in [0.15, 0.2) is 0 Å². The third-order valence-electron chi connectivity index (χ3n) is 4.40. The Kier molecular flexibility index (Phi) is 5.12. The summed E-state index contributed by atoms with van der Waals surface area (Å²) >= 11 is 0. The summed E-state index contributed by atoms with van der Waals surface area (Å²) in [4.78, 5) is 36.4. The summed E-state index contributed by atoms with van der Waals surface area (Å²) in [6, 6.07) is 1.74. The molecule has 24 heavy (non-hydrogen) atoms. The molecule has 1 unspecified atom stereocenters. The molecule has 8 nitrogen and oxygen atoms in total. The van der Waals surface area contributed by atoms with Gasteiger partial charge in [0.25, 0.3) is 0 Å². The first-order valence-corrected chi connectivity index (χ1v) is 8.43. The fourth-order valence-electron chi connectivity index (χ4n) is 3.04. The SMILES string of the molecule is CCOc1ccnc(N2CCN(C(=O)C3CCC(=O)NC3)CC2)n1. The Hall–Kier alpha value is -2.38. The minimum atomic E-state index is -0.0909. The Morgan fingerprint density at radius 2 is 2.17 bits per heavy atom. The van der Waals surface area contributed by atoms with Crippen LogP contribution in [0, 0.1) is 5.92 Å². The van der Waals surface area contributed by atoms with E-state index in [0.717, 1.165) is 0 Å². The van der Waals surface area contributed by atoms with Crippen LogP contribution in [0.5, 0.6) is 5.88 Å². The molecule has 3 heterocycles. The van der Waals surface area contributed by atoms with Crippen molar-refractivity contribution in [3.63, 3.8) is 0 Å². The first-order chi connectivity index (χ1) is 11.7. The van der Waals surface area contributed by atoms with E-state index in [1.807, 2.05) is 11.8 Å². The van der Waals surface area contributed by atoms with E-state index in [1.54, 1.807) is 12.3 Å². The molecule has 0 aliphatic carbocycles. The van der Waals surface area contributed by atoms with Crippen molar-refractivity contribution in [2.24, 2.45) is 5.92 Å². The minimum Gasteiger partial charge on any atom is -0.478 e. The molecule has 8 heteroatoms. The summed E-state index contributed by atoms with van der Waals surface area (Å²) < 4.78 is 5.41. The number of piperidine rings is 1. The first kappa shape index (κ1) is 16.5. The van der Waals surface area contributed by atoms with Crippen LogP contribution in [0.2, 0.25) is 0 Å². The number of hydrogen-bond donors (Lipinski definition) is 1. The van der Waals surface area contributed by atoms with Crippen molar-refractivity contribution in [3.8, 4) is 5.88 Å². The molecule has 1 aromatic rings. The van der Waals surface area contributed by atoms with Gasteiger partial charge in [-0.3, -0.25) is 9.59 Å². The van der Waals surface area contributed by atoms with E-state index >= 15 is 0 Å². The van der Waals surface area contributed by atoms with Crippen molar-refractivity contribution in [2.45, 2.75) is 19.8 Å². The molecule has 0 saturated carbocycles. The molecular weight excluding hydrogens is 310 g/mol.